The molecule has 174 valence electrons. The molecule has 0 spiro atoms. The van der Waals surface area contributed by atoms with E-state index in [0.717, 1.165) is 60.7 Å². The van der Waals surface area contributed by atoms with Gasteiger partial charge >= 0.3 is 0 Å². The first-order chi connectivity index (χ1) is 16.0. The molecule has 2 heterocycles. The van der Waals surface area contributed by atoms with E-state index in [0.29, 0.717) is 11.7 Å². The van der Waals surface area contributed by atoms with Gasteiger partial charge in [0.05, 0.1) is 10.6 Å². The number of thiophene rings is 1. The number of aryl methyl sites for hydroxylation is 2. The zero-order chi connectivity index (χ0) is 22.9. The van der Waals surface area contributed by atoms with Gasteiger partial charge in [-0.15, -0.1) is 11.3 Å². The average molecular weight is 482 g/mol. The number of hydrogen-bond donors (Lipinski definition) is 0. The number of carbonyl (C=O) groups is 1. The normalized spacial score (nSPS) is 17.3. The summed E-state index contributed by atoms with van der Waals surface area (Å²) in [6.45, 7) is 2.51. The first kappa shape index (κ1) is 22.7. The smallest absolute Gasteiger partial charge is 0.263 e. The molecule has 0 radical (unpaired) electrons. The third kappa shape index (κ3) is 4.50. The van der Waals surface area contributed by atoms with Crippen molar-refractivity contribution in [3.8, 4) is 0 Å². The number of nitrogens with zero attached hydrogens (tertiary/aromatic N) is 3. The van der Waals surface area contributed by atoms with Gasteiger partial charge in [-0.3, -0.25) is 14.2 Å². The van der Waals surface area contributed by atoms with E-state index in [4.69, 9.17) is 4.98 Å². The monoisotopic (exact) mass is 481 g/mol. The first-order valence-electron chi connectivity index (χ1n) is 12.0. The lowest BCUT2D eigenvalue weighted by Crippen LogP contribution is -2.34. The number of rotatable bonds is 6. The summed E-state index contributed by atoms with van der Waals surface area (Å²) in [5.41, 5.74) is 2.47. The van der Waals surface area contributed by atoms with Crippen molar-refractivity contribution >= 4 is 39.2 Å². The molecule has 0 saturated heterocycles. The maximum atomic E-state index is 13.8. The molecule has 1 fully saturated rings. The molecule has 2 aliphatic rings. The van der Waals surface area contributed by atoms with Crippen LogP contribution >= 0.6 is 23.1 Å². The van der Waals surface area contributed by atoms with E-state index in [1.165, 1.54) is 28.6 Å². The Balaban J connectivity index is 1.47. The van der Waals surface area contributed by atoms with Gasteiger partial charge in [0, 0.05) is 24.5 Å². The van der Waals surface area contributed by atoms with Crippen LogP contribution in [-0.4, -0.2) is 32.7 Å². The number of amides is 1. The van der Waals surface area contributed by atoms with Gasteiger partial charge in [0.15, 0.2) is 5.16 Å². The lowest BCUT2D eigenvalue weighted by Gasteiger charge is -2.23. The maximum Gasteiger partial charge on any atom is 0.263 e. The Kier molecular flexibility index (Phi) is 6.61. The van der Waals surface area contributed by atoms with E-state index < -0.39 is 0 Å². The van der Waals surface area contributed by atoms with Crippen molar-refractivity contribution in [2.45, 2.75) is 81.3 Å². The van der Waals surface area contributed by atoms with Crippen molar-refractivity contribution in [1.29, 1.82) is 0 Å². The number of benzene rings is 1. The molecule has 0 N–H and O–H groups in total. The molecule has 0 bridgehead atoms. The van der Waals surface area contributed by atoms with Crippen LogP contribution in [0.15, 0.2) is 40.3 Å². The predicted molar refractivity (Wildman–Crippen MR) is 136 cm³/mol. The van der Waals surface area contributed by atoms with Gasteiger partial charge in [-0.2, -0.15) is 0 Å². The molecule has 3 aromatic rings. The second-order valence-corrected chi connectivity index (χ2v) is 11.7. The number of thioether (sulfide) groups is 1. The van der Waals surface area contributed by atoms with Crippen LogP contribution in [0.2, 0.25) is 0 Å². The molecule has 1 aromatic carbocycles. The Labute approximate surface area is 203 Å². The highest BCUT2D eigenvalue weighted by Gasteiger charge is 2.29. The van der Waals surface area contributed by atoms with E-state index in [1.807, 2.05) is 48.9 Å². The first-order valence-corrected chi connectivity index (χ1v) is 13.7. The second kappa shape index (κ2) is 9.63. The molecule has 1 atom stereocenters. The van der Waals surface area contributed by atoms with Crippen LogP contribution in [0.25, 0.3) is 10.2 Å². The van der Waals surface area contributed by atoms with Crippen molar-refractivity contribution in [1.82, 2.24) is 14.5 Å². The van der Waals surface area contributed by atoms with Gasteiger partial charge in [-0.1, -0.05) is 54.9 Å². The summed E-state index contributed by atoms with van der Waals surface area (Å²) in [5, 5.41) is 1.25. The van der Waals surface area contributed by atoms with Gasteiger partial charge in [0.25, 0.3) is 5.56 Å². The van der Waals surface area contributed by atoms with Crippen LogP contribution in [0.1, 0.15) is 67.5 Å². The summed E-state index contributed by atoms with van der Waals surface area (Å²) in [7, 11) is 1.85. The predicted octanol–water partition coefficient (Wildman–Crippen LogP) is 5.59. The van der Waals surface area contributed by atoms with E-state index in [-0.39, 0.29) is 22.8 Å². The average Bonchev–Trinajstić information content (AvgIpc) is 3.47. The fourth-order valence-electron chi connectivity index (χ4n) is 5.22. The number of fused-ring (bicyclic) bond motifs is 3. The minimum absolute atomic E-state index is 0.0571. The van der Waals surface area contributed by atoms with Crippen LogP contribution in [-0.2, 0) is 24.2 Å². The van der Waals surface area contributed by atoms with Crippen LogP contribution in [0, 0.1) is 0 Å². The van der Waals surface area contributed by atoms with Gasteiger partial charge in [-0.05, 0) is 56.6 Å². The van der Waals surface area contributed by atoms with Gasteiger partial charge in [0.1, 0.15) is 4.83 Å². The summed E-state index contributed by atoms with van der Waals surface area (Å²) in [6, 6.07) is 10.2. The lowest BCUT2D eigenvalue weighted by atomic mass is 9.97. The van der Waals surface area contributed by atoms with Crippen molar-refractivity contribution < 1.29 is 4.79 Å². The van der Waals surface area contributed by atoms with Crippen molar-refractivity contribution in [2.75, 3.05) is 7.05 Å². The molecule has 1 unspecified atom stereocenters. The Morgan fingerprint density at radius 2 is 1.91 bits per heavy atom. The highest BCUT2D eigenvalue weighted by atomic mass is 32.2. The maximum absolute atomic E-state index is 13.8. The zero-order valence-corrected chi connectivity index (χ0v) is 21.0. The van der Waals surface area contributed by atoms with Crippen molar-refractivity contribution in [2.24, 2.45) is 0 Å². The summed E-state index contributed by atoms with van der Waals surface area (Å²) < 4.78 is 1.95. The Bertz CT molecular complexity index is 1210. The molecule has 33 heavy (non-hydrogen) atoms. The Morgan fingerprint density at radius 1 is 1.18 bits per heavy atom. The van der Waals surface area contributed by atoms with E-state index in [2.05, 4.69) is 0 Å². The standard InChI is InChI=1S/C26H31N3O2S2/c1-17(24(30)28(2)16-18-10-4-3-5-11-18)32-26-27-23-22(20-14-8-9-15-21(20)33-23)25(31)29(26)19-12-6-7-13-19/h3-5,10-11,17,19H,6-9,12-16H2,1-2H3. The highest BCUT2D eigenvalue weighted by Crippen LogP contribution is 2.38. The molecule has 5 nitrogen and oxygen atoms in total. The Morgan fingerprint density at radius 3 is 2.67 bits per heavy atom. The van der Waals surface area contributed by atoms with Crippen LogP contribution in [0.4, 0.5) is 0 Å². The molecule has 1 amide bonds. The van der Waals surface area contributed by atoms with Crippen LogP contribution in [0.3, 0.4) is 0 Å². The van der Waals surface area contributed by atoms with Crippen LogP contribution in [0.5, 0.6) is 0 Å². The van der Waals surface area contributed by atoms with Crippen LogP contribution < -0.4 is 5.56 Å². The minimum atomic E-state index is -0.315. The topological polar surface area (TPSA) is 55.2 Å². The highest BCUT2D eigenvalue weighted by molar-refractivity contribution is 8.00. The molecule has 2 aromatic heterocycles. The molecular formula is C26H31N3O2S2. The van der Waals surface area contributed by atoms with Crippen molar-refractivity contribution in [3.05, 3.63) is 56.7 Å². The number of aromatic nitrogens is 2. The lowest BCUT2D eigenvalue weighted by molar-refractivity contribution is -0.129. The zero-order valence-electron chi connectivity index (χ0n) is 19.4. The SMILES string of the molecule is CC(Sc1nc2sc3c(c2c(=O)n1C1CCCC1)CCCC3)C(=O)N(C)Cc1ccccc1. The largest absolute Gasteiger partial charge is 0.340 e. The molecule has 0 aliphatic heterocycles. The van der Waals surface area contributed by atoms with Gasteiger partial charge in [-0.25, -0.2) is 4.98 Å². The fraction of sp³-hybridized carbons (Fsp3) is 0.500. The summed E-state index contributed by atoms with van der Waals surface area (Å²) in [5.74, 6) is 0.0571. The molecule has 7 heteroatoms. The van der Waals surface area contributed by atoms with E-state index >= 15 is 0 Å². The number of hydrogen-bond acceptors (Lipinski definition) is 5. The molecule has 1 saturated carbocycles. The summed E-state index contributed by atoms with van der Waals surface area (Å²) in [6.07, 6.45) is 8.72. The van der Waals surface area contributed by atoms with E-state index in [9.17, 15) is 9.59 Å². The molecule has 5 rings (SSSR count). The molecular weight excluding hydrogens is 450 g/mol. The molecule has 2 aliphatic carbocycles. The van der Waals surface area contributed by atoms with Gasteiger partial charge in [0.2, 0.25) is 5.91 Å². The summed E-state index contributed by atoms with van der Waals surface area (Å²) in [4.78, 5) is 36.0. The third-order valence-electron chi connectivity index (χ3n) is 6.95. The van der Waals surface area contributed by atoms with Crippen molar-refractivity contribution in [3.63, 3.8) is 0 Å². The second-order valence-electron chi connectivity index (χ2n) is 9.34. The third-order valence-corrected chi connectivity index (χ3v) is 9.19. The summed E-state index contributed by atoms with van der Waals surface area (Å²) >= 11 is 3.14. The Hall–Kier alpha value is -2.12. The van der Waals surface area contributed by atoms with E-state index in [1.54, 1.807) is 16.2 Å². The fourth-order valence-corrected chi connectivity index (χ4v) is 7.62. The quantitative estimate of drug-likeness (QED) is 0.340. The van der Waals surface area contributed by atoms with Gasteiger partial charge < -0.3 is 4.90 Å². The minimum Gasteiger partial charge on any atom is -0.340 e. The number of carbonyl (C=O) groups excluding carboxylic acids is 1.